The minimum Gasteiger partial charge on any atom is -0.491 e. The van der Waals surface area contributed by atoms with E-state index in [1.54, 1.807) is 30.3 Å². The van der Waals surface area contributed by atoms with E-state index in [-0.39, 0.29) is 29.6 Å². The second kappa shape index (κ2) is 10.1. The number of hydrogen-bond donors (Lipinski definition) is 2. The van der Waals surface area contributed by atoms with E-state index in [1.807, 2.05) is 19.9 Å². The SMILES string of the molecule is CCC(C)Oc1cccc(C(=O)Nc2ccc(S(=O)(=O)NCC3CCCO3)cc2)c1. The van der Waals surface area contributed by atoms with Crippen molar-refractivity contribution in [2.24, 2.45) is 0 Å². The van der Waals surface area contributed by atoms with Crippen LogP contribution in [0.5, 0.6) is 5.75 Å². The monoisotopic (exact) mass is 432 g/mol. The summed E-state index contributed by atoms with van der Waals surface area (Å²) >= 11 is 0. The van der Waals surface area contributed by atoms with Gasteiger partial charge in [-0.25, -0.2) is 13.1 Å². The van der Waals surface area contributed by atoms with E-state index in [9.17, 15) is 13.2 Å². The molecule has 0 saturated carbocycles. The van der Waals surface area contributed by atoms with Crippen molar-refractivity contribution >= 4 is 21.6 Å². The van der Waals surface area contributed by atoms with Gasteiger partial charge in [-0.2, -0.15) is 0 Å². The molecule has 7 nitrogen and oxygen atoms in total. The van der Waals surface area contributed by atoms with E-state index in [4.69, 9.17) is 9.47 Å². The average Bonchev–Trinajstić information content (AvgIpc) is 3.26. The number of rotatable bonds is 9. The third-order valence-corrected chi connectivity index (χ3v) is 6.40. The van der Waals surface area contributed by atoms with Crippen LogP contribution in [0.15, 0.2) is 53.4 Å². The van der Waals surface area contributed by atoms with Crippen LogP contribution in [0.25, 0.3) is 0 Å². The largest absolute Gasteiger partial charge is 0.491 e. The van der Waals surface area contributed by atoms with Crippen molar-refractivity contribution in [2.75, 3.05) is 18.5 Å². The van der Waals surface area contributed by atoms with Crippen LogP contribution in [0.1, 0.15) is 43.5 Å². The van der Waals surface area contributed by atoms with Gasteiger partial charge in [-0.3, -0.25) is 4.79 Å². The molecule has 2 aromatic rings. The summed E-state index contributed by atoms with van der Waals surface area (Å²) in [5.41, 5.74) is 0.969. The smallest absolute Gasteiger partial charge is 0.255 e. The average molecular weight is 433 g/mol. The molecule has 2 aromatic carbocycles. The van der Waals surface area contributed by atoms with E-state index >= 15 is 0 Å². The number of anilines is 1. The topological polar surface area (TPSA) is 93.7 Å². The lowest BCUT2D eigenvalue weighted by Gasteiger charge is -2.13. The van der Waals surface area contributed by atoms with Gasteiger partial charge in [-0.15, -0.1) is 0 Å². The van der Waals surface area contributed by atoms with Gasteiger partial charge in [0.1, 0.15) is 5.75 Å². The highest BCUT2D eigenvalue weighted by Gasteiger charge is 2.20. The summed E-state index contributed by atoms with van der Waals surface area (Å²) in [6.45, 7) is 4.93. The van der Waals surface area contributed by atoms with Gasteiger partial charge in [0.2, 0.25) is 10.0 Å². The molecule has 3 rings (SSSR count). The molecular formula is C22H28N2O5S. The van der Waals surface area contributed by atoms with Crippen molar-refractivity contribution in [1.29, 1.82) is 0 Å². The van der Waals surface area contributed by atoms with E-state index in [0.717, 1.165) is 19.3 Å². The molecule has 1 fully saturated rings. The Kier molecular flexibility index (Phi) is 7.47. The first kappa shape index (κ1) is 22.3. The Bertz CT molecular complexity index is 954. The fourth-order valence-electron chi connectivity index (χ4n) is 3.04. The van der Waals surface area contributed by atoms with Gasteiger partial charge >= 0.3 is 0 Å². The van der Waals surface area contributed by atoms with Crippen LogP contribution in [0.2, 0.25) is 0 Å². The van der Waals surface area contributed by atoms with E-state index in [2.05, 4.69) is 10.0 Å². The molecule has 0 aliphatic carbocycles. The molecule has 0 aromatic heterocycles. The van der Waals surface area contributed by atoms with Crippen LogP contribution >= 0.6 is 0 Å². The number of sulfonamides is 1. The second-order valence-corrected chi connectivity index (χ2v) is 9.10. The maximum atomic E-state index is 12.5. The second-order valence-electron chi connectivity index (χ2n) is 7.33. The number of ether oxygens (including phenoxy) is 2. The molecule has 1 aliphatic heterocycles. The molecule has 1 saturated heterocycles. The molecule has 0 radical (unpaired) electrons. The Labute approximate surface area is 177 Å². The van der Waals surface area contributed by atoms with Crippen LogP contribution in [-0.4, -0.2) is 39.7 Å². The highest BCUT2D eigenvalue weighted by molar-refractivity contribution is 7.89. The van der Waals surface area contributed by atoms with Gasteiger partial charge in [0.15, 0.2) is 0 Å². The molecule has 162 valence electrons. The lowest BCUT2D eigenvalue weighted by molar-refractivity contribution is 0.102. The van der Waals surface area contributed by atoms with Gasteiger partial charge < -0.3 is 14.8 Å². The van der Waals surface area contributed by atoms with Gasteiger partial charge in [-0.1, -0.05) is 13.0 Å². The van der Waals surface area contributed by atoms with Gasteiger partial charge in [0, 0.05) is 24.4 Å². The fraction of sp³-hybridized carbons (Fsp3) is 0.409. The minimum absolute atomic E-state index is 0.0617. The number of benzene rings is 2. The van der Waals surface area contributed by atoms with E-state index in [0.29, 0.717) is 23.6 Å². The van der Waals surface area contributed by atoms with E-state index < -0.39 is 10.0 Å². The van der Waals surface area contributed by atoms with Crippen molar-refractivity contribution < 1.29 is 22.7 Å². The first-order valence-corrected chi connectivity index (χ1v) is 11.6. The Hall–Kier alpha value is -2.42. The number of hydrogen-bond acceptors (Lipinski definition) is 5. The summed E-state index contributed by atoms with van der Waals surface area (Å²) < 4.78 is 38.6. The Balaban J connectivity index is 1.61. The molecule has 1 heterocycles. The van der Waals surface area contributed by atoms with Crippen LogP contribution in [0, 0.1) is 0 Å². The molecular weight excluding hydrogens is 404 g/mol. The van der Waals surface area contributed by atoms with Crippen LogP contribution in [0.3, 0.4) is 0 Å². The predicted molar refractivity (Wildman–Crippen MR) is 115 cm³/mol. The molecule has 0 bridgehead atoms. The normalized spacial score (nSPS) is 17.5. The molecule has 1 aliphatic rings. The van der Waals surface area contributed by atoms with Crippen molar-refractivity contribution in [3.63, 3.8) is 0 Å². The molecule has 0 spiro atoms. The van der Waals surface area contributed by atoms with E-state index in [1.165, 1.54) is 12.1 Å². The summed E-state index contributed by atoms with van der Waals surface area (Å²) in [5, 5.41) is 2.78. The summed E-state index contributed by atoms with van der Waals surface area (Å²) in [7, 11) is -3.62. The quantitative estimate of drug-likeness (QED) is 0.632. The number of nitrogens with one attached hydrogen (secondary N) is 2. The Morgan fingerprint density at radius 2 is 2.00 bits per heavy atom. The Morgan fingerprint density at radius 3 is 2.67 bits per heavy atom. The van der Waals surface area contributed by atoms with Gasteiger partial charge in [0.05, 0.1) is 17.1 Å². The maximum absolute atomic E-state index is 12.5. The zero-order valence-corrected chi connectivity index (χ0v) is 18.1. The van der Waals surface area contributed by atoms with Crippen molar-refractivity contribution in [2.45, 2.75) is 50.2 Å². The molecule has 8 heteroatoms. The number of carbonyl (C=O) groups excluding carboxylic acids is 1. The zero-order valence-electron chi connectivity index (χ0n) is 17.3. The number of carbonyl (C=O) groups is 1. The lowest BCUT2D eigenvalue weighted by atomic mass is 10.2. The molecule has 2 unspecified atom stereocenters. The van der Waals surface area contributed by atoms with Gasteiger partial charge in [0.25, 0.3) is 5.91 Å². The molecule has 1 amide bonds. The van der Waals surface area contributed by atoms with Crippen molar-refractivity contribution in [3.05, 3.63) is 54.1 Å². The molecule has 30 heavy (non-hydrogen) atoms. The highest BCUT2D eigenvalue weighted by atomic mass is 32.2. The Morgan fingerprint density at radius 1 is 1.23 bits per heavy atom. The van der Waals surface area contributed by atoms with Crippen molar-refractivity contribution in [3.8, 4) is 5.75 Å². The third-order valence-electron chi connectivity index (χ3n) is 4.96. The van der Waals surface area contributed by atoms with Crippen LogP contribution in [-0.2, 0) is 14.8 Å². The fourth-order valence-corrected chi connectivity index (χ4v) is 4.10. The summed E-state index contributed by atoms with van der Waals surface area (Å²) in [6, 6.07) is 13.0. The summed E-state index contributed by atoms with van der Waals surface area (Å²) in [5.74, 6) is 0.340. The van der Waals surface area contributed by atoms with Crippen LogP contribution in [0.4, 0.5) is 5.69 Å². The first-order chi connectivity index (χ1) is 14.4. The standard InChI is InChI=1S/C22H28N2O5S/c1-3-16(2)29-19-7-4-6-17(14-19)22(25)24-18-9-11-21(12-10-18)30(26,27)23-15-20-8-5-13-28-20/h4,6-7,9-12,14,16,20,23H,3,5,8,13,15H2,1-2H3,(H,24,25). The maximum Gasteiger partial charge on any atom is 0.255 e. The zero-order chi connectivity index (χ0) is 21.6. The predicted octanol–water partition coefficient (Wildman–Crippen LogP) is 3.57. The first-order valence-electron chi connectivity index (χ1n) is 10.2. The highest BCUT2D eigenvalue weighted by Crippen LogP contribution is 2.19. The number of amides is 1. The summed E-state index contributed by atoms with van der Waals surface area (Å²) in [4.78, 5) is 12.7. The minimum atomic E-state index is -3.62. The molecule has 2 atom stereocenters. The lowest BCUT2D eigenvalue weighted by Crippen LogP contribution is -2.31. The summed E-state index contributed by atoms with van der Waals surface area (Å²) in [6.07, 6.45) is 2.67. The van der Waals surface area contributed by atoms with Gasteiger partial charge in [-0.05, 0) is 68.7 Å². The molecule has 2 N–H and O–H groups in total. The third kappa shape index (κ3) is 6.04. The van der Waals surface area contributed by atoms with Crippen molar-refractivity contribution in [1.82, 2.24) is 4.72 Å². The van der Waals surface area contributed by atoms with Crippen LogP contribution < -0.4 is 14.8 Å².